The molecule has 3 heterocycles. The lowest BCUT2D eigenvalue weighted by Crippen LogP contribution is -2.40. The molecule has 3 rings (SSSR count). The van der Waals surface area contributed by atoms with Crippen molar-refractivity contribution in [3.05, 3.63) is 34.9 Å². The maximum atomic E-state index is 12.0. The van der Waals surface area contributed by atoms with Crippen molar-refractivity contribution in [2.24, 2.45) is 0 Å². The third-order valence-electron chi connectivity index (χ3n) is 3.09. The average molecular weight is 293 g/mol. The second-order valence-electron chi connectivity index (χ2n) is 4.28. The molecule has 0 unspecified atom stereocenters. The molecule has 0 spiro atoms. The predicted molar refractivity (Wildman–Crippen MR) is 69.6 cm³/mol. The van der Waals surface area contributed by atoms with Crippen molar-refractivity contribution >= 4 is 23.6 Å². The molecule has 2 aromatic rings. The number of H-pyrrole nitrogens is 1. The molecule has 0 fully saturated rings. The zero-order chi connectivity index (χ0) is 14.3. The number of aromatic nitrogens is 3. The van der Waals surface area contributed by atoms with Crippen LogP contribution in [-0.2, 0) is 6.42 Å². The summed E-state index contributed by atoms with van der Waals surface area (Å²) in [7, 11) is 0. The van der Waals surface area contributed by atoms with E-state index in [9.17, 15) is 9.59 Å². The van der Waals surface area contributed by atoms with Gasteiger partial charge in [0.25, 0.3) is 5.91 Å². The number of amides is 2. The first-order chi connectivity index (χ1) is 9.56. The molecular weight excluding hydrogens is 284 g/mol. The number of carbonyl (C=O) groups excluding carboxylic acids is 1. The average Bonchev–Trinajstić information content (AvgIpc) is 2.83. The number of imide groups is 1. The highest BCUT2D eigenvalue weighted by atomic mass is 35.5. The monoisotopic (exact) mass is 292 g/mol. The van der Waals surface area contributed by atoms with Crippen molar-refractivity contribution < 1.29 is 14.7 Å². The van der Waals surface area contributed by atoms with Gasteiger partial charge in [-0.15, -0.1) is 0 Å². The van der Waals surface area contributed by atoms with Gasteiger partial charge >= 0.3 is 6.09 Å². The number of carboxylic acid groups (broad SMARTS) is 1. The van der Waals surface area contributed by atoms with Gasteiger partial charge in [-0.25, -0.2) is 19.7 Å². The molecule has 1 aliphatic rings. The van der Waals surface area contributed by atoms with Crippen LogP contribution in [0.5, 0.6) is 0 Å². The first-order valence-corrected chi connectivity index (χ1v) is 6.19. The number of nitrogens with zero attached hydrogens (tertiary/aromatic N) is 3. The molecular formula is C12H9ClN4O3. The Hall–Kier alpha value is -2.41. The van der Waals surface area contributed by atoms with Crippen LogP contribution < -0.4 is 0 Å². The summed E-state index contributed by atoms with van der Waals surface area (Å²) in [6, 6.07) is 3.24. The largest absolute Gasteiger partial charge is 0.465 e. The topological polar surface area (TPSA) is 99.2 Å². The molecule has 20 heavy (non-hydrogen) atoms. The van der Waals surface area contributed by atoms with Crippen LogP contribution in [-0.4, -0.2) is 43.5 Å². The van der Waals surface area contributed by atoms with Crippen molar-refractivity contribution in [3.8, 4) is 11.4 Å². The third-order valence-corrected chi connectivity index (χ3v) is 3.28. The molecule has 0 radical (unpaired) electrons. The first kappa shape index (κ1) is 12.6. The van der Waals surface area contributed by atoms with Crippen molar-refractivity contribution in [1.29, 1.82) is 0 Å². The third kappa shape index (κ3) is 2.01. The molecule has 2 N–H and O–H groups in total. The minimum absolute atomic E-state index is 0.105. The lowest BCUT2D eigenvalue weighted by molar-refractivity contribution is 0.0727. The molecule has 0 aromatic carbocycles. The normalized spacial score (nSPS) is 14.2. The molecule has 102 valence electrons. The quantitative estimate of drug-likeness (QED) is 0.781. The summed E-state index contributed by atoms with van der Waals surface area (Å²) >= 11 is 5.73. The van der Waals surface area contributed by atoms with E-state index >= 15 is 0 Å². The minimum atomic E-state index is -1.24. The van der Waals surface area contributed by atoms with Crippen LogP contribution in [0.25, 0.3) is 11.4 Å². The molecule has 0 atom stereocenters. The van der Waals surface area contributed by atoms with Gasteiger partial charge in [0.05, 0.1) is 17.0 Å². The van der Waals surface area contributed by atoms with Gasteiger partial charge in [0.15, 0.2) is 0 Å². The van der Waals surface area contributed by atoms with Gasteiger partial charge in [0.2, 0.25) is 5.28 Å². The van der Waals surface area contributed by atoms with E-state index in [0.29, 0.717) is 29.1 Å². The van der Waals surface area contributed by atoms with Gasteiger partial charge in [-0.2, -0.15) is 0 Å². The van der Waals surface area contributed by atoms with Crippen LogP contribution in [0.4, 0.5) is 4.79 Å². The maximum absolute atomic E-state index is 12.0. The number of fused-ring (bicyclic) bond motifs is 1. The molecule has 0 aliphatic carbocycles. The van der Waals surface area contributed by atoms with Crippen LogP contribution in [0.1, 0.15) is 16.1 Å². The Morgan fingerprint density at radius 3 is 3.00 bits per heavy atom. The van der Waals surface area contributed by atoms with Crippen LogP contribution >= 0.6 is 11.6 Å². The van der Waals surface area contributed by atoms with E-state index in [1.165, 1.54) is 6.20 Å². The van der Waals surface area contributed by atoms with Gasteiger partial charge in [-0.05, 0) is 23.7 Å². The van der Waals surface area contributed by atoms with E-state index in [1.54, 1.807) is 12.1 Å². The molecule has 8 heteroatoms. The lowest BCUT2D eigenvalue weighted by Gasteiger charge is -2.21. The zero-order valence-electron chi connectivity index (χ0n) is 10.1. The molecule has 1 aliphatic heterocycles. The Morgan fingerprint density at radius 2 is 2.30 bits per heavy atom. The number of aromatic amines is 1. The summed E-state index contributed by atoms with van der Waals surface area (Å²) in [6.07, 6.45) is 0.718. The van der Waals surface area contributed by atoms with Gasteiger partial charge in [-0.1, -0.05) is 0 Å². The highest BCUT2D eigenvalue weighted by Crippen LogP contribution is 2.25. The summed E-state index contributed by atoms with van der Waals surface area (Å²) in [5, 5.41) is 9.06. The standard InChI is InChI=1S/C12H9ClN4O3/c13-11-14-3-1-8(16-11)9-5-6-7(15-9)2-4-17(10(6)18)12(19)20/h1,3,5,15H,2,4H2,(H,19,20). The molecule has 2 amide bonds. The number of hydrogen-bond donors (Lipinski definition) is 2. The summed E-state index contributed by atoms with van der Waals surface area (Å²) in [6.45, 7) is 0.144. The van der Waals surface area contributed by atoms with Crippen LogP contribution in [0, 0.1) is 0 Å². The van der Waals surface area contributed by atoms with Crippen LogP contribution in [0.3, 0.4) is 0 Å². The van der Waals surface area contributed by atoms with Crippen molar-refractivity contribution in [3.63, 3.8) is 0 Å². The Labute approximate surface area is 118 Å². The number of hydrogen-bond acceptors (Lipinski definition) is 4. The smallest absolute Gasteiger partial charge is 0.414 e. The van der Waals surface area contributed by atoms with E-state index in [4.69, 9.17) is 16.7 Å². The van der Waals surface area contributed by atoms with Crippen LogP contribution in [0.2, 0.25) is 5.28 Å². The second-order valence-corrected chi connectivity index (χ2v) is 4.61. The molecule has 2 aromatic heterocycles. The lowest BCUT2D eigenvalue weighted by atomic mass is 10.1. The summed E-state index contributed by atoms with van der Waals surface area (Å²) in [5.41, 5.74) is 2.22. The van der Waals surface area contributed by atoms with Crippen molar-refractivity contribution in [2.75, 3.05) is 6.54 Å². The minimum Gasteiger partial charge on any atom is -0.465 e. The van der Waals surface area contributed by atoms with E-state index in [0.717, 1.165) is 4.90 Å². The molecule has 0 saturated carbocycles. The van der Waals surface area contributed by atoms with E-state index in [2.05, 4.69) is 15.0 Å². The van der Waals surface area contributed by atoms with E-state index < -0.39 is 12.0 Å². The number of halogens is 1. The fraction of sp³-hybridized carbons (Fsp3) is 0.167. The summed E-state index contributed by atoms with van der Waals surface area (Å²) in [4.78, 5) is 34.7. The Balaban J connectivity index is 2.02. The zero-order valence-corrected chi connectivity index (χ0v) is 10.9. The van der Waals surface area contributed by atoms with Crippen LogP contribution in [0.15, 0.2) is 18.3 Å². The summed E-state index contributed by atoms with van der Waals surface area (Å²) < 4.78 is 0. The number of carbonyl (C=O) groups is 2. The Morgan fingerprint density at radius 1 is 1.50 bits per heavy atom. The Kier molecular flexibility index (Phi) is 2.90. The van der Waals surface area contributed by atoms with Crippen molar-refractivity contribution in [1.82, 2.24) is 19.9 Å². The van der Waals surface area contributed by atoms with Gasteiger partial charge in [0, 0.05) is 24.9 Å². The molecule has 0 bridgehead atoms. The fourth-order valence-corrected chi connectivity index (χ4v) is 2.31. The number of nitrogens with one attached hydrogen (secondary N) is 1. The van der Waals surface area contributed by atoms with Gasteiger partial charge in [0.1, 0.15) is 0 Å². The highest BCUT2D eigenvalue weighted by Gasteiger charge is 2.30. The highest BCUT2D eigenvalue weighted by molar-refractivity contribution is 6.28. The van der Waals surface area contributed by atoms with E-state index in [1.807, 2.05) is 0 Å². The second kappa shape index (κ2) is 4.61. The molecule has 7 nitrogen and oxygen atoms in total. The van der Waals surface area contributed by atoms with E-state index in [-0.39, 0.29) is 11.8 Å². The van der Waals surface area contributed by atoms with Gasteiger partial charge < -0.3 is 10.1 Å². The van der Waals surface area contributed by atoms with Gasteiger partial charge in [-0.3, -0.25) is 4.79 Å². The van der Waals surface area contributed by atoms with Crippen molar-refractivity contribution in [2.45, 2.75) is 6.42 Å². The maximum Gasteiger partial charge on any atom is 0.414 e. The number of rotatable bonds is 1. The summed E-state index contributed by atoms with van der Waals surface area (Å²) in [5.74, 6) is -0.526. The molecule has 0 saturated heterocycles. The Bertz CT molecular complexity index is 712. The SMILES string of the molecule is O=C(O)N1CCc2[nH]c(-c3ccnc(Cl)n3)cc2C1=O. The first-order valence-electron chi connectivity index (χ1n) is 5.82. The fourth-order valence-electron chi connectivity index (χ4n) is 2.16. The predicted octanol–water partition coefficient (Wildman–Crippen LogP) is 1.80.